The van der Waals surface area contributed by atoms with Crippen molar-refractivity contribution in [2.45, 2.75) is 45.1 Å². The van der Waals surface area contributed by atoms with E-state index in [-0.39, 0.29) is 5.82 Å². The third-order valence-electron chi connectivity index (χ3n) is 3.56. The fourth-order valence-electron chi connectivity index (χ4n) is 2.51. The number of hydrogen-bond acceptors (Lipinski definition) is 1. The van der Waals surface area contributed by atoms with Crippen LogP contribution in [-0.2, 0) is 6.42 Å². The minimum atomic E-state index is -0.0929. The topological polar surface area (TPSA) is 12.0 Å². The first kappa shape index (κ1) is 13.3. The highest BCUT2D eigenvalue weighted by atomic mass is 19.1. The van der Waals surface area contributed by atoms with E-state index >= 15 is 0 Å². The molecule has 1 atom stereocenters. The van der Waals surface area contributed by atoms with E-state index in [2.05, 4.69) is 18.3 Å². The van der Waals surface area contributed by atoms with E-state index in [4.69, 9.17) is 0 Å². The lowest BCUT2D eigenvalue weighted by Gasteiger charge is -2.14. The fourth-order valence-corrected chi connectivity index (χ4v) is 2.51. The first-order valence-electron chi connectivity index (χ1n) is 6.90. The van der Waals surface area contributed by atoms with Gasteiger partial charge >= 0.3 is 0 Å². The molecular weight excluding hydrogens is 225 g/mol. The van der Waals surface area contributed by atoms with Gasteiger partial charge in [0.25, 0.3) is 0 Å². The molecule has 0 aliphatic heterocycles. The molecule has 1 aromatic carbocycles. The van der Waals surface area contributed by atoms with Crippen LogP contribution in [0.3, 0.4) is 0 Å². The summed E-state index contributed by atoms with van der Waals surface area (Å²) in [5.41, 5.74) is 2.39. The zero-order valence-corrected chi connectivity index (χ0v) is 11.1. The molecule has 0 heterocycles. The SMILES string of the molecule is CC(Cc1ccccc1F)NCCC1=CCCC1. The zero-order valence-electron chi connectivity index (χ0n) is 11.1. The number of halogens is 1. The summed E-state index contributed by atoms with van der Waals surface area (Å²) in [6, 6.07) is 7.36. The Morgan fingerprint density at radius 3 is 2.89 bits per heavy atom. The van der Waals surface area contributed by atoms with Crippen LogP contribution in [0.4, 0.5) is 4.39 Å². The summed E-state index contributed by atoms with van der Waals surface area (Å²) in [5.74, 6) is -0.0929. The summed E-state index contributed by atoms with van der Waals surface area (Å²) in [7, 11) is 0. The second-order valence-corrected chi connectivity index (χ2v) is 5.16. The normalized spacial score (nSPS) is 16.7. The molecule has 0 aromatic heterocycles. The summed E-state index contributed by atoms with van der Waals surface area (Å²) in [6.45, 7) is 3.12. The van der Waals surface area contributed by atoms with Gasteiger partial charge in [0.2, 0.25) is 0 Å². The summed E-state index contributed by atoms with van der Waals surface area (Å²) >= 11 is 0. The molecule has 1 N–H and O–H groups in total. The quantitative estimate of drug-likeness (QED) is 0.753. The number of benzene rings is 1. The second kappa shape index (κ2) is 6.69. The van der Waals surface area contributed by atoms with E-state index in [9.17, 15) is 4.39 Å². The minimum absolute atomic E-state index is 0.0929. The van der Waals surface area contributed by atoms with Gasteiger partial charge in [-0.05, 0) is 57.2 Å². The van der Waals surface area contributed by atoms with Crippen molar-refractivity contribution in [3.63, 3.8) is 0 Å². The summed E-state index contributed by atoms with van der Waals surface area (Å²) in [4.78, 5) is 0. The Labute approximate surface area is 109 Å². The smallest absolute Gasteiger partial charge is 0.126 e. The Morgan fingerprint density at radius 2 is 2.17 bits per heavy atom. The van der Waals surface area contributed by atoms with Gasteiger partial charge in [-0.3, -0.25) is 0 Å². The number of nitrogens with one attached hydrogen (secondary N) is 1. The van der Waals surface area contributed by atoms with E-state index in [0.717, 1.165) is 24.9 Å². The highest BCUT2D eigenvalue weighted by Crippen LogP contribution is 2.19. The lowest BCUT2D eigenvalue weighted by atomic mass is 10.1. The monoisotopic (exact) mass is 247 g/mol. The number of allylic oxidation sites excluding steroid dienone is 1. The van der Waals surface area contributed by atoms with Crippen molar-refractivity contribution >= 4 is 0 Å². The molecule has 0 bridgehead atoms. The van der Waals surface area contributed by atoms with Gasteiger partial charge in [0.1, 0.15) is 5.82 Å². The molecule has 1 aromatic rings. The maximum absolute atomic E-state index is 13.5. The molecule has 1 aliphatic rings. The Morgan fingerprint density at radius 1 is 1.33 bits per heavy atom. The van der Waals surface area contributed by atoms with Crippen LogP contribution in [0.1, 0.15) is 38.2 Å². The van der Waals surface area contributed by atoms with Crippen LogP contribution in [0.15, 0.2) is 35.9 Å². The third-order valence-corrected chi connectivity index (χ3v) is 3.56. The van der Waals surface area contributed by atoms with Gasteiger partial charge < -0.3 is 5.32 Å². The minimum Gasteiger partial charge on any atom is -0.314 e. The van der Waals surface area contributed by atoms with Crippen molar-refractivity contribution in [1.82, 2.24) is 5.32 Å². The van der Waals surface area contributed by atoms with E-state index < -0.39 is 0 Å². The molecule has 1 unspecified atom stereocenters. The third kappa shape index (κ3) is 3.95. The van der Waals surface area contributed by atoms with Gasteiger partial charge in [-0.1, -0.05) is 29.8 Å². The van der Waals surface area contributed by atoms with Crippen LogP contribution in [0.5, 0.6) is 0 Å². The molecule has 0 saturated heterocycles. The predicted molar refractivity (Wildman–Crippen MR) is 74.1 cm³/mol. The Bertz CT molecular complexity index is 411. The molecule has 1 nitrogen and oxygen atoms in total. The lowest BCUT2D eigenvalue weighted by Crippen LogP contribution is -2.29. The van der Waals surface area contributed by atoms with Crippen molar-refractivity contribution < 1.29 is 4.39 Å². The zero-order chi connectivity index (χ0) is 12.8. The molecular formula is C16H22FN. The standard InChI is InChI=1S/C16H22FN/c1-13(12-15-8-4-5-9-16(15)17)18-11-10-14-6-2-3-7-14/h4-6,8-9,13,18H,2-3,7,10-12H2,1H3. The van der Waals surface area contributed by atoms with E-state index in [0.29, 0.717) is 6.04 Å². The maximum Gasteiger partial charge on any atom is 0.126 e. The number of hydrogen-bond donors (Lipinski definition) is 1. The molecule has 0 amide bonds. The van der Waals surface area contributed by atoms with Gasteiger partial charge in [0.05, 0.1) is 0 Å². The molecule has 2 heteroatoms. The molecule has 98 valence electrons. The van der Waals surface area contributed by atoms with Crippen molar-refractivity contribution in [1.29, 1.82) is 0 Å². The average molecular weight is 247 g/mol. The first-order valence-corrected chi connectivity index (χ1v) is 6.90. The van der Waals surface area contributed by atoms with Crippen LogP contribution in [0.2, 0.25) is 0 Å². The van der Waals surface area contributed by atoms with Crippen LogP contribution < -0.4 is 5.32 Å². The van der Waals surface area contributed by atoms with Crippen LogP contribution >= 0.6 is 0 Å². The second-order valence-electron chi connectivity index (χ2n) is 5.16. The summed E-state index contributed by atoms with van der Waals surface area (Å²) < 4.78 is 13.5. The van der Waals surface area contributed by atoms with Gasteiger partial charge in [0.15, 0.2) is 0 Å². The average Bonchev–Trinajstić information content (AvgIpc) is 2.85. The van der Waals surface area contributed by atoms with Crippen molar-refractivity contribution in [2.75, 3.05) is 6.54 Å². The lowest BCUT2D eigenvalue weighted by molar-refractivity contribution is 0.527. The molecule has 0 spiro atoms. The van der Waals surface area contributed by atoms with E-state index in [1.807, 2.05) is 12.1 Å². The highest BCUT2D eigenvalue weighted by Gasteiger charge is 2.08. The molecule has 2 rings (SSSR count). The molecule has 0 saturated carbocycles. The van der Waals surface area contributed by atoms with Crippen LogP contribution in [-0.4, -0.2) is 12.6 Å². The Balaban J connectivity index is 1.72. The van der Waals surface area contributed by atoms with Gasteiger partial charge in [-0.25, -0.2) is 4.39 Å². The largest absolute Gasteiger partial charge is 0.314 e. The molecule has 0 radical (unpaired) electrons. The van der Waals surface area contributed by atoms with Gasteiger partial charge in [-0.2, -0.15) is 0 Å². The van der Waals surface area contributed by atoms with Gasteiger partial charge in [-0.15, -0.1) is 0 Å². The van der Waals surface area contributed by atoms with Crippen molar-refractivity contribution in [3.05, 3.63) is 47.3 Å². The molecule has 0 fully saturated rings. The van der Waals surface area contributed by atoms with Crippen molar-refractivity contribution in [2.24, 2.45) is 0 Å². The van der Waals surface area contributed by atoms with Gasteiger partial charge in [0, 0.05) is 6.04 Å². The van der Waals surface area contributed by atoms with E-state index in [1.54, 1.807) is 11.6 Å². The summed E-state index contributed by atoms with van der Waals surface area (Å²) in [5, 5.41) is 3.48. The summed E-state index contributed by atoms with van der Waals surface area (Å²) in [6.07, 6.45) is 8.10. The first-order chi connectivity index (χ1) is 8.75. The Hall–Kier alpha value is -1.15. The van der Waals surface area contributed by atoms with Crippen molar-refractivity contribution in [3.8, 4) is 0 Å². The number of rotatable bonds is 6. The highest BCUT2D eigenvalue weighted by molar-refractivity contribution is 5.18. The predicted octanol–water partition coefficient (Wildman–Crippen LogP) is 3.85. The molecule has 18 heavy (non-hydrogen) atoms. The van der Waals surface area contributed by atoms with E-state index in [1.165, 1.54) is 25.3 Å². The maximum atomic E-state index is 13.5. The van der Waals surface area contributed by atoms with Crippen LogP contribution in [0.25, 0.3) is 0 Å². The fraction of sp³-hybridized carbons (Fsp3) is 0.500. The molecule has 1 aliphatic carbocycles. The van der Waals surface area contributed by atoms with Crippen LogP contribution in [0, 0.1) is 5.82 Å². The Kier molecular flexibility index (Phi) is 4.94.